The first kappa shape index (κ1) is 21.8. The average molecular weight is 464 g/mol. The van der Waals surface area contributed by atoms with E-state index in [9.17, 15) is 9.59 Å². The lowest BCUT2D eigenvalue weighted by Crippen LogP contribution is -2.42. The predicted molar refractivity (Wildman–Crippen MR) is 129 cm³/mol. The van der Waals surface area contributed by atoms with Crippen LogP contribution in [0, 0.1) is 6.92 Å². The van der Waals surface area contributed by atoms with Crippen molar-refractivity contribution < 1.29 is 14.3 Å². The molecule has 0 radical (unpaired) electrons. The van der Waals surface area contributed by atoms with Crippen molar-refractivity contribution in [2.24, 2.45) is 0 Å². The molecule has 2 aliphatic rings. The van der Waals surface area contributed by atoms with Crippen LogP contribution in [0.1, 0.15) is 58.1 Å². The second-order valence-corrected chi connectivity index (χ2v) is 9.88. The van der Waals surface area contributed by atoms with Gasteiger partial charge in [0.05, 0.1) is 31.8 Å². The summed E-state index contributed by atoms with van der Waals surface area (Å²) in [5.74, 6) is -0.329. The number of aryl methyl sites for hydroxylation is 2. The molecule has 1 atom stereocenters. The van der Waals surface area contributed by atoms with Gasteiger partial charge in [0, 0.05) is 23.2 Å². The van der Waals surface area contributed by atoms with Crippen molar-refractivity contribution in [2.45, 2.75) is 51.6 Å². The lowest BCUT2D eigenvalue weighted by atomic mass is 9.95. The summed E-state index contributed by atoms with van der Waals surface area (Å²) in [6, 6.07) is 12.2. The Labute approximate surface area is 198 Å². The topological polar surface area (TPSA) is 63.6 Å². The molecule has 1 aliphatic carbocycles. The zero-order chi connectivity index (χ0) is 22.9. The molecule has 3 heterocycles. The number of aromatic nitrogens is 1. The molecule has 0 unspecified atom stereocenters. The molecule has 6 nitrogen and oxygen atoms in total. The Kier molecular flexibility index (Phi) is 5.98. The minimum absolute atomic E-state index is 0.154. The van der Waals surface area contributed by atoms with E-state index in [1.54, 1.807) is 0 Å². The quantitative estimate of drug-likeness (QED) is 0.560. The van der Waals surface area contributed by atoms with Gasteiger partial charge in [0.1, 0.15) is 5.00 Å². The minimum atomic E-state index is -0.329. The predicted octanol–water partition coefficient (Wildman–Crippen LogP) is 4.90. The van der Waals surface area contributed by atoms with Gasteiger partial charge in [0.2, 0.25) is 0 Å². The first-order valence-electron chi connectivity index (χ1n) is 11.6. The van der Waals surface area contributed by atoms with Crippen LogP contribution in [0.3, 0.4) is 0 Å². The number of thiophene rings is 1. The molecule has 0 fully saturated rings. The van der Waals surface area contributed by atoms with Gasteiger partial charge in [-0.25, -0.2) is 4.79 Å². The Morgan fingerprint density at radius 1 is 1.12 bits per heavy atom. The standard InChI is InChI=1S/C26H29N3O3S/c1-17-9-11-18(12-10-17)24-21-7-5-15-28(21)25-20(19-6-3-4-8-22(19)33-25)16-29(24)26(31)27-14-13-23(30)32-2/h5,7,9-12,15,24H,3-4,6,8,13-14,16H2,1-2H3,(H,27,31)/t24-/m1/s1. The third-order valence-corrected chi connectivity index (χ3v) is 8.00. The van der Waals surface area contributed by atoms with Crippen LogP contribution in [0.25, 0.3) is 5.00 Å². The summed E-state index contributed by atoms with van der Waals surface area (Å²) < 4.78 is 7.01. The normalized spacial score (nSPS) is 16.9. The summed E-state index contributed by atoms with van der Waals surface area (Å²) in [6.07, 6.45) is 6.90. The number of benzene rings is 1. The Hall–Kier alpha value is -3.06. The average Bonchev–Trinajstić information content (AvgIpc) is 3.41. The van der Waals surface area contributed by atoms with E-state index in [0.29, 0.717) is 6.54 Å². The summed E-state index contributed by atoms with van der Waals surface area (Å²) in [5.41, 5.74) is 6.04. The number of nitrogens with zero attached hydrogens (tertiary/aromatic N) is 2. The van der Waals surface area contributed by atoms with Gasteiger partial charge in [-0.15, -0.1) is 11.3 Å². The van der Waals surface area contributed by atoms with Crippen LogP contribution in [0.4, 0.5) is 4.79 Å². The summed E-state index contributed by atoms with van der Waals surface area (Å²) >= 11 is 1.88. The Balaban J connectivity index is 1.58. The van der Waals surface area contributed by atoms with Crippen molar-refractivity contribution in [3.8, 4) is 5.00 Å². The number of carbonyl (C=O) groups excluding carboxylic acids is 2. The Morgan fingerprint density at radius 3 is 2.70 bits per heavy atom. The summed E-state index contributed by atoms with van der Waals surface area (Å²) in [5, 5.41) is 4.20. The Morgan fingerprint density at radius 2 is 1.91 bits per heavy atom. The molecular weight excluding hydrogens is 434 g/mol. The number of rotatable bonds is 4. The van der Waals surface area contributed by atoms with Gasteiger partial charge in [0.15, 0.2) is 0 Å². The van der Waals surface area contributed by atoms with Crippen molar-refractivity contribution >= 4 is 23.3 Å². The smallest absolute Gasteiger partial charge is 0.318 e. The molecule has 7 heteroatoms. The number of esters is 1. The molecule has 0 saturated heterocycles. The lowest BCUT2D eigenvalue weighted by molar-refractivity contribution is -0.140. The number of hydrogen-bond acceptors (Lipinski definition) is 4. The van der Waals surface area contributed by atoms with Gasteiger partial charge in [0.25, 0.3) is 0 Å². The van der Waals surface area contributed by atoms with Crippen LogP contribution in [0.5, 0.6) is 0 Å². The summed E-state index contributed by atoms with van der Waals surface area (Å²) in [6.45, 7) is 2.87. The SMILES string of the molecule is COC(=O)CCNC(=O)N1Cc2c(sc3c2CCCC3)-n2cccc2[C@H]1c1ccc(C)cc1. The monoisotopic (exact) mass is 463 g/mol. The number of carbonyl (C=O) groups is 2. The molecule has 172 valence electrons. The zero-order valence-corrected chi connectivity index (χ0v) is 19.9. The van der Waals surface area contributed by atoms with E-state index in [-0.39, 0.29) is 31.0 Å². The molecule has 0 saturated carbocycles. The second kappa shape index (κ2) is 9.06. The molecule has 1 N–H and O–H groups in total. The fourth-order valence-corrected chi connectivity index (χ4v) is 6.37. The highest BCUT2D eigenvalue weighted by atomic mass is 32.1. The maximum Gasteiger partial charge on any atom is 0.318 e. The summed E-state index contributed by atoms with van der Waals surface area (Å²) in [4.78, 5) is 28.5. The number of hydrogen-bond donors (Lipinski definition) is 1. The van der Waals surface area contributed by atoms with E-state index in [1.165, 1.54) is 46.5 Å². The van der Waals surface area contributed by atoms with Crippen LogP contribution in [0.15, 0.2) is 42.6 Å². The number of fused-ring (bicyclic) bond motifs is 5. The maximum atomic E-state index is 13.6. The zero-order valence-electron chi connectivity index (χ0n) is 19.1. The second-order valence-electron chi connectivity index (χ2n) is 8.80. The molecule has 1 aromatic carbocycles. The molecule has 5 rings (SSSR count). The fraction of sp³-hybridized carbons (Fsp3) is 0.385. The largest absolute Gasteiger partial charge is 0.469 e. The molecule has 0 spiro atoms. The molecule has 2 amide bonds. The van der Waals surface area contributed by atoms with Crippen LogP contribution in [0.2, 0.25) is 0 Å². The van der Waals surface area contributed by atoms with E-state index >= 15 is 0 Å². The van der Waals surface area contributed by atoms with E-state index in [0.717, 1.165) is 24.1 Å². The highest BCUT2D eigenvalue weighted by Crippen LogP contribution is 2.43. The van der Waals surface area contributed by atoms with E-state index in [1.807, 2.05) is 16.2 Å². The van der Waals surface area contributed by atoms with Crippen LogP contribution in [-0.4, -0.2) is 35.1 Å². The summed E-state index contributed by atoms with van der Waals surface area (Å²) in [7, 11) is 1.36. The number of methoxy groups -OCH3 is 1. The van der Waals surface area contributed by atoms with Gasteiger partial charge in [-0.1, -0.05) is 29.8 Å². The van der Waals surface area contributed by atoms with Gasteiger partial charge in [-0.05, 0) is 55.9 Å². The van der Waals surface area contributed by atoms with Crippen molar-refractivity contribution in [3.63, 3.8) is 0 Å². The van der Waals surface area contributed by atoms with E-state index in [4.69, 9.17) is 4.74 Å². The third-order valence-electron chi connectivity index (χ3n) is 6.67. The van der Waals surface area contributed by atoms with Gasteiger partial charge >= 0.3 is 12.0 Å². The van der Waals surface area contributed by atoms with Gasteiger partial charge < -0.3 is 19.5 Å². The molecule has 33 heavy (non-hydrogen) atoms. The third kappa shape index (κ3) is 4.06. The fourth-order valence-electron chi connectivity index (χ4n) is 4.96. The van der Waals surface area contributed by atoms with Crippen molar-refractivity contribution in [3.05, 3.63) is 75.4 Å². The minimum Gasteiger partial charge on any atom is -0.469 e. The van der Waals surface area contributed by atoms with Crippen LogP contribution in [-0.2, 0) is 28.9 Å². The van der Waals surface area contributed by atoms with Crippen LogP contribution < -0.4 is 5.32 Å². The van der Waals surface area contributed by atoms with Gasteiger partial charge in [-0.3, -0.25) is 4.79 Å². The number of urea groups is 1. The molecule has 0 bridgehead atoms. The van der Waals surface area contributed by atoms with E-state index < -0.39 is 0 Å². The van der Waals surface area contributed by atoms with E-state index in [2.05, 4.69) is 59.4 Å². The first-order chi connectivity index (χ1) is 16.1. The first-order valence-corrected chi connectivity index (χ1v) is 12.4. The molecule has 1 aliphatic heterocycles. The highest BCUT2D eigenvalue weighted by Gasteiger charge is 2.35. The maximum absolute atomic E-state index is 13.6. The molecular formula is C26H29N3O3S. The Bertz CT molecular complexity index is 1180. The molecule has 3 aromatic rings. The highest BCUT2D eigenvalue weighted by molar-refractivity contribution is 7.15. The lowest BCUT2D eigenvalue weighted by Gasteiger charge is -2.31. The van der Waals surface area contributed by atoms with Crippen LogP contribution >= 0.6 is 11.3 Å². The van der Waals surface area contributed by atoms with Crippen molar-refractivity contribution in [1.29, 1.82) is 0 Å². The molecule has 2 aromatic heterocycles. The van der Waals surface area contributed by atoms with Crippen molar-refractivity contribution in [1.82, 2.24) is 14.8 Å². The number of ether oxygens (including phenoxy) is 1. The number of amides is 2. The van der Waals surface area contributed by atoms with Crippen molar-refractivity contribution in [2.75, 3.05) is 13.7 Å². The number of nitrogens with one attached hydrogen (secondary N) is 1. The van der Waals surface area contributed by atoms with Gasteiger partial charge in [-0.2, -0.15) is 0 Å².